The van der Waals surface area contributed by atoms with E-state index in [4.69, 9.17) is 9.47 Å². The van der Waals surface area contributed by atoms with Crippen molar-refractivity contribution in [3.63, 3.8) is 0 Å². The van der Waals surface area contributed by atoms with Crippen LogP contribution in [0.1, 0.15) is 33.6 Å². The van der Waals surface area contributed by atoms with Gasteiger partial charge in [0.25, 0.3) is 10.2 Å². The van der Waals surface area contributed by atoms with Crippen LogP contribution in [0.15, 0.2) is 0 Å². The molecule has 2 heterocycles. The van der Waals surface area contributed by atoms with Crippen LogP contribution in [0.5, 0.6) is 0 Å². The molecule has 0 aromatic rings. The number of piperidine rings is 1. The molecule has 0 spiro atoms. The second-order valence-electron chi connectivity index (χ2n) is 6.03. The lowest BCUT2D eigenvalue weighted by atomic mass is 10.0. The van der Waals surface area contributed by atoms with E-state index >= 15 is 0 Å². The minimum atomic E-state index is -3.55. The Morgan fingerprint density at radius 1 is 1.18 bits per heavy atom. The Morgan fingerprint density at radius 3 is 2.41 bits per heavy atom. The third-order valence-corrected chi connectivity index (χ3v) is 5.98. The maximum atomic E-state index is 12.8. The number of carbonyl (C=O) groups excluding carboxylic acids is 1. The van der Waals surface area contributed by atoms with E-state index in [2.05, 4.69) is 0 Å². The molecule has 2 aliphatic heterocycles. The minimum absolute atomic E-state index is 0.121. The van der Waals surface area contributed by atoms with Gasteiger partial charge >= 0.3 is 5.97 Å². The summed E-state index contributed by atoms with van der Waals surface area (Å²) in [6, 6.07) is 0. The van der Waals surface area contributed by atoms with Crippen molar-refractivity contribution in [2.24, 2.45) is 5.92 Å². The van der Waals surface area contributed by atoms with E-state index < -0.39 is 10.2 Å². The average Bonchev–Trinajstić information content (AvgIpc) is 2.46. The van der Waals surface area contributed by atoms with Crippen molar-refractivity contribution >= 4 is 16.2 Å². The van der Waals surface area contributed by atoms with E-state index in [-0.39, 0.29) is 30.6 Å². The zero-order valence-corrected chi connectivity index (χ0v) is 14.3. The highest BCUT2D eigenvalue weighted by molar-refractivity contribution is 7.86. The molecule has 3 unspecified atom stereocenters. The van der Waals surface area contributed by atoms with Crippen molar-refractivity contribution in [1.82, 2.24) is 8.61 Å². The van der Waals surface area contributed by atoms with Crippen molar-refractivity contribution in [3.8, 4) is 0 Å². The summed E-state index contributed by atoms with van der Waals surface area (Å²) in [5.74, 6) is -0.662. The molecule has 8 heteroatoms. The Hall–Kier alpha value is -0.700. The first-order valence-corrected chi connectivity index (χ1v) is 9.31. The summed E-state index contributed by atoms with van der Waals surface area (Å²) in [7, 11) is -3.55. The number of rotatable bonds is 4. The summed E-state index contributed by atoms with van der Waals surface area (Å²) in [4.78, 5) is 11.9. The smallest absolute Gasteiger partial charge is 0.310 e. The second-order valence-corrected chi connectivity index (χ2v) is 7.96. The molecule has 3 atom stereocenters. The number of nitrogens with zero attached hydrogens (tertiary/aromatic N) is 2. The summed E-state index contributed by atoms with van der Waals surface area (Å²) in [6.45, 7) is 7.19. The highest BCUT2D eigenvalue weighted by Crippen LogP contribution is 2.24. The molecule has 2 saturated heterocycles. The molecule has 2 aliphatic rings. The molecule has 0 aromatic carbocycles. The van der Waals surface area contributed by atoms with Gasteiger partial charge in [-0.05, 0) is 33.6 Å². The quantitative estimate of drug-likeness (QED) is 0.704. The van der Waals surface area contributed by atoms with E-state index in [0.717, 1.165) is 0 Å². The number of hydrogen-bond acceptors (Lipinski definition) is 5. The van der Waals surface area contributed by atoms with Crippen LogP contribution in [0.3, 0.4) is 0 Å². The van der Waals surface area contributed by atoms with E-state index in [9.17, 15) is 13.2 Å². The first-order chi connectivity index (χ1) is 10.3. The van der Waals surface area contributed by atoms with Gasteiger partial charge in [-0.3, -0.25) is 4.79 Å². The first-order valence-electron chi connectivity index (χ1n) is 7.92. The lowest BCUT2D eigenvalue weighted by molar-refractivity contribution is -0.149. The normalized spacial score (nSPS) is 31.9. The van der Waals surface area contributed by atoms with Gasteiger partial charge in [0.2, 0.25) is 0 Å². The number of morpholine rings is 1. The SMILES string of the molecule is CCOC(=O)C1CCCN(S(=O)(=O)N2CC(C)OC(C)C2)C1. The van der Waals surface area contributed by atoms with Crippen LogP contribution in [0, 0.1) is 5.92 Å². The molecule has 7 nitrogen and oxygen atoms in total. The lowest BCUT2D eigenvalue weighted by Gasteiger charge is -2.39. The predicted octanol–water partition coefficient (Wildman–Crippen LogP) is 0.616. The average molecular weight is 334 g/mol. The van der Waals surface area contributed by atoms with Gasteiger partial charge in [-0.2, -0.15) is 17.0 Å². The minimum Gasteiger partial charge on any atom is -0.466 e. The van der Waals surface area contributed by atoms with Crippen LogP contribution in [0.4, 0.5) is 0 Å². The Kier molecular flexibility index (Phi) is 5.81. The number of hydrogen-bond donors (Lipinski definition) is 0. The van der Waals surface area contributed by atoms with E-state index in [1.165, 1.54) is 8.61 Å². The van der Waals surface area contributed by atoms with Crippen LogP contribution < -0.4 is 0 Å². The molecule has 0 amide bonds. The van der Waals surface area contributed by atoms with Crippen molar-refractivity contribution in [2.75, 3.05) is 32.8 Å². The predicted molar refractivity (Wildman–Crippen MR) is 81.4 cm³/mol. The van der Waals surface area contributed by atoms with E-state index in [0.29, 0.717) is 39.1 Å². The highest BCUT2D eigenvalue weighted by atomic mass is 32.2. The van der Waals surface area contributed by atoms with Crippen LogP contribution in [-0.4, -0.2) is 68.0 Å². The summed E-state index contributed by atoms with van der Waals surface area (Å²) >= 11 is 0. The molecule has 0 radical (unpaired) electrons. The van der Waals surface area contributed by atoms with Crippen LogP contribution in [0.25, 0.3) is 0 Å². The van der Waals surface area contributed by atoms with Crippen LogP contribution >= 0.6 is 0 Å². The highest BCUT2D eigenvalue weighted by Gasteiger charge is 2.39. The molecule has 22 heavy (non-hydrogen) atoms. The Morgan fingerprint density at radius 2 is 1.82 bits per heavy atom. The van der Waals surface area contributed by atoms with Gasteiger partial charge in [-0.15, -0.1) is 0 Å². The summed E-state index contributed by atoms with van der Waals surface area (Å²) < 4.78 is 39.1. The third-order valence-electron chi connectivity index (χ3n) is 4.04. The largest absolute Gasteiger partial charge is 0.466 e. The Labute approximate surface area is 132 Å². The van der Waals surface area contributed by atoms with Crippen molar-refractivity contribution in [2.45, 2.75) is 45.8 Å². The first kappa shape index (κ1) is 17.7. The molecule has 0 bridgehead atoms. The van der Waals surface area contributed by atoms with Gasteiger partial charge in [0.15, 0.2) is 0 Å². The third kappa shape index (κ3) is 3.98. The maximum absolute atomic E-state index is 12.8. The molecule has 0 aliphatic carbocycles. The Bertz CT molecular complexity index is 485. The van der Waals surface area contributed by atoms with Crippen molar-refractivity contribution in [1.29, 1.82) is 0 Å². The number of ether oxygens (including phenoxy) is 2. The van der Waals surface area contributed by atoms with Crippen molar-refractivity contribution < 1.29 is 22.7 Å². The zero-order valence-electron chi connectivity index (χ0n) is 13.5. The van der Waals surface area contributed by atoms with Crippen LogP contribution in [0.2, 0.25) is 0 Å². The lowest BCUT2D eigenvalue weighted by Crippen LogP contribution is -2.55. The van der Waals surface area contributed by atoms with Gasteiger partial charge in [0.05, 0.1) is 24.7 Å². The Balaban J connectivity index is 2.06. The fraction of sp³-hybridized carbons (Fsp3) is 0.929. The van der Waals surface area contributed by atoms with Crippen molar-refractivity contribution in [3.05, 3.63) is 0 Å². The zero-order chi connectivity index (χ0) is 16.3. The van der Waals surface area contributed by atoms with E-state index in [1.54, 1.807) is 6.92 Å². The van der Waals surface area contributed by atoms with Crippen LogP contribution in [-0.2, 0) is 24.5 Å². The number of esters is 1. The molecule has 2 rings (SSSR count). The monoisotopic (exact) mass is 334 g/mol. The summed E-state index contributed by atoms with van der Waals surface area (Å²) in [5, 5.41) is 0. The summed E-state index contributed by atoms with van der Waals surface area (Å²) in [5.41, 5.74) is 0. The maximum Gasteiger partial charge on any atom is 0.310 e. The molecular weight excluding hydrogens is 308 g/mol. The van der Waals surface area contributed by atoms with Gasteiger partial charge in [0.1, 0.15) is 0 Å². The second kappa shape index (κ2) is 7.25. The van der Waals surface area contributed by atoms with Gasteiger partial charge in [-0.25, -0.2) is 0 Å². The standard InChI is InChI=1S/C14H26N2O5S/c1-4-20-14(17)13-6-5-7-15(10-13)22(18,19)16-8-11(2)21-12(3)9-16/h11-13H,4-10H2,1-3H3. The van der Waals surface area contributed by atoms with E-state index in [1.807, 2.05) is 13.8 Å². The molecule has 0 aromatic heterocycles. The summed E-state index contributed by atoms with van der Waals surface area (Å²) in [6.07, 6.45) is 1.12. The topological polar surface area (TPSA) is 76.2 Å². The fourth-order valence-corrected chi connectivity index (χ4v) is 4.94. The molecular formula is C14H26N2O5S. The van der Waals surface area contributed by atoms with Gasteiger partial charge in [-0.1, -0.05) is 0 Å². The number of carbonyl (C=O) groups is 1. The molecule has 128 valence electrons. The molecule has 0 saturated carbocycles. The fourth-order valence-electron chi connectivity index (χ4n) is 3.09. The van der Waals surface area contributed by atoms with Gasteiger partial charge < -0.3 is 9.47 Å². The van der Waals surface area contributed by atoms with Gasteiger partial charge in [0, 0.05) is 26.2 Å². The molecule has 0 N–H and O–H groups in total. The molecule has 2 fully saturated rings.